The Hall–Kier alpha value is -0.810. The second-order valence-corrected chi connectivity index (χ2v) is 6.99. The van der Waals surface area contributed by atoms with Crippen molar-refractivity contribution >= 4 is 23.1 Å². The molecule has 3 rings (SSSR count). The lowest BCUT2D eigenvalue weighted by Gasteiger charge is -2.34. The first-order valence-corrected chi connectivity index (χ1v) is 9.05. The van der Waals surface area contributed by atoms with Crippen LogP contribution < -0.4 is 5.73 Å². The number of hydrogen-bond acceptors (Lipinski definition) is 4. The van der Waals surface area contributed by atoms with Crippen LogP contribution in [0.25, 0.3) is 0 Å². The molecular weight excluding hydrogens is 284 g/mol. The molecule has 1 aromatic heterocycles. The van der Waals surface area contributed by atoms with Crippen LogP contribution in [-0.4, -0.2) is 24.2 Å². The summed E-state index contributed by atoms with van der Waals surface area (Å²) in [5.74, 6) is 0. The Kier molecular flexibility index (Phi) is 4.46. The molecule has 0 saturated heterocycles. The summed E-state index contributed by atoms with van der Waals surface area (Å²) in [6.07, 6.45) is 3.27. The van der Waals surface area contributed by atoms with Crippen LogP contribution in [0.2, 0.25) is 0 Å². The molecule has 0 bridgehead atoms. The zero-order valence-electron chi connectivity index (χ0n) is 11.7. The summed E-state index contributed by atoms with van der Waals surface area (Å²) in [7, 11) is 0. The largest absolute Gasteiger partial charge is 0.329 e. The molecule has 1 aliphatic heterocycles. The van der Waals surface area contributed by atoms with Crippen LogP contribution in [0, 0.1) is 0 Å². The van der Waals surface area contributed by atoms with Gasteiger partial charge in [-0.1, -0.05) is 12.1 Å². The minimum atomic E-state index is 0.332. The normalized spacial score (nSPS) is 16.9. The van der Waals surface area contributed by atoms with Gasteiger partial charge in [0.1, 0.15) is 0 Å². The van der Waals surface area contributed by atoms with Crippen molar-refractivity contribution < 1.29 is 0 Å². The quantitative estimate of drug-likeness (QED) is 0.876. The van der Waals surface area contributed by atoms with Gasteiger partial charge in [-0.3, -0.25) is 4.90 Å². The van der Waals surface area contributed by atoms with Crippen LogP contribution in [0.5, 0.6) is 0 Å². The smallest absolute Gasteiger partial charge is 0.0474 e. The Balaban J connectivity index is 1.79. The molecule has 106 valence electrons. The molecule has 0 saturated carbocycles. The van der Waals surface area contributed by atoms with E-state index >= 15 is 0 Å². The molecule has 1 unspecified atom stereocenters. The number of thioether (sulfide) groups is 1. The monoisotopic (exact) mass is 304 g/mol. The van der Waals surface area contributed by atoms with E-state index in [2.05, 4.69) is 46.9 Å². The Morgan fingerprint density at radius 1 is 1.30 bits per heavy atom. The van der Waals surface area contributed by atoms with Gasteiger partial charge in [-0.25, -0.2) is 0 Å². The van der Waals surface area contributed by atoms with Crippen LogP contribution in [0.3, 0.4) is 0 Å². The molecule has 0 spiro atoms. The van der Waals surface area contributed by atoms with Gasteiger partial charge in [-0.15, -0.1) is 23.1 Å². The SMILES string of the molecule is CSc1ccc(C(CN)N2CCc3sccc3C2)cc1. The lowest BCUT2D eigenvalue weighted by molar-refractivity contribution is 0.185. The van der Waals surface area contributed by atoms with Crippen LogP contribution in [0.15, 0.2) is 40.6 Å². The Bertz CT molecular complexity index is 562. The number of hydrogen-bond donors (Lipinski definition) is 1. The van der Waals surface area contributed by atoms with Crippen LogP contribution in [0.1, 0.15) is 22.0 Å². The Labute approximate surface area is 129 Å². The van der Waals surface area contributed by atoms with Gasteiger partial charge < -0.3 is 5.73 Å². The second kappa shape index (κ2) is 6.31. The van der Waals surface area contributed by atoms with E-state index in [1.807, 2.05) is 11.3 Å². The topological polar surface area (TPSA) is 29.3 Å². The molecule has 0 radical (unpaired) electrons. The molecule has 20 heavy (non-hydrogen) atoms. The molecule has 2 nitrogen and oxygen atoms in total. The van der Waals surface area contributed by atoms with Gasteiger partial charge >= 0.3 is 0 Å². The van der Waals surface area contributed by atoms with Gasteiger partial charge in [0.2, 0.25) is 0 Å². The van der Waals surface area contributed by atoms with Crippen molar-refractivity contribution in [1.82, 2.24) is 4.90 Å². The number of nitrogens with two attached hydrogens (primary N) is 1. The summed E-state index contributed by atoms with van der Waals surface area (Å²) < 4.78 is 0. The van der Waals surface area contributed by atoms with Crippen molar-refractivity contribution in [3.8, 4) is 0 Å². The fourth-order valence-corrected chi connectivity index (χ4v) is 4.16. The highest BCUT2D eigenvalue weighted by molar-refractivity contribution is 7.98. The molecule has 2 heterocycles. The zero-order chi connectivity index (χ0) is 13.9. The average molecular weight is 304 g/mol. The predicted molar refractivity (Wildman–Crippen MR) is 88.5 cm³/mol. The Morgan fingerprint density at radius 3 is 2.80 bits per heavy atom. The molecule has 1 atom stereocenters. The van der Waals surface area contributed by atoms with E-state index in [4.69, 9.17) is 5.73 Å². The predicted octanol–water partition coefficient (Wildman–Crippen LogP) is 3.53. The number of benzene rings is 1. The highest BCUT2D eigenvalue weighted by atomic mass is 32.2. The number of nitrogens with zero attached hydrogens (tertiary/aromatic N) is 1. The zero-order valence-corrected chi connectivity index (χ0v) is 13.3. The summed E-state index contributed by atoms with van der Waals surface area (Å²) in [6.45, 7) is 2.82. The molecule has 1 aliphatic rings. The maximum absolute atomic E-state index is 6.06. The first-order chi connectivity index (χ1) is 9.81. The molecule has 1 aromatic carbocycles. The third kappa shape index (κ3) is 2.79. The van der Waals surface area contributed by atoms with Crippen molar-refractivity contribution in [3.05, 3.63) is 51.7 Å². The van der Waals surface area contributed by atoms with E-state index in [-0.39, 0.29) is 0 Å². The van der Waals surface area contributed by atoms with E-state index in [1.54, 1.807) is 16.6 Å². The average Bonchev–Trinajstić information content (AvgIpc) is 2.96. The van der Waals surface area contributed by atoms with Gasteiger partial charge in [-0.05, 0) is 47.4 Å². The summed E-state index contributed by atoms with van der Waals surface area (Å²) >= 11 is 3.67. The summed E-state index contributed by atoms with van der Waals surface area (Å²) in [4.78, 5) is 5.38. The van der Waals surface area contributed by atoms with E-state index in [9.17, 15) is 0 Å². The van der Waals surface area contributed by atoms with Crippen LogP contribution in [-0.2, 0) is 13.0 Å². The van der Waals surface area contributed by atoms with Crippen molar-refractivity contribution in [2.75, 3.05) is 19.3 Å². The minimum Gasteiger partial charge on any atom is -0.329 e. The van der Waals surface area contributed by atoms with E-state index in [0.29, 0.717) is 12.6 Å². The molecule has 0 fully saturated rings. The maximum atomic E-state index is 6.06. The first kappa shape index (κ1) is 14.1. The van der Waals surface area contributed by atoms with Gasteiger partial charge in [0, 0.05) is 35.4 Å². The molecular formula is C16H20N2S2. The number of rotatable bonds is 4. The number of fused-ring (bicyclic) bond motifs is 1. The fourth-order valence-electron chi connectivity index (χ4n) is 2.86. The minimum absolute atomic E-state index is 0.332. The van der Waals surface area contributed by atoms with Crippen LogP contribution >= 0.6 is 23.1 Å². The lowest BCUT2D eigenvalue weighted by Crippen LogP contribution is -2.37. The van der Waals surface area contributed by atoms with E-state index in [0.717, 1.165) is 19.5 Å². The van der Waals surface area contributed by atoms with Crippen LogP contribution in [0.4, 0.5) is 0 Å². The highest BCUT2D eigenvalue weighted by Crippen LogP contribution is 2.30. The third-order valence-corrected chi connectivity index (χ3v) is 5.77. The highest BCUT2D eigenvalue weighted by Gasteiger charge is 2.24. The summed E-state index contributed by atoms with van der Waals surface area (Å²) in [6, 6.07) is 11.4. The third-order valence-electron chi connectivity index (χ3n) is 4.00. The van der Waals surface area contributed by atoms with Gasteiger partial charge in [0.15, 0.2) is 0 Å². The lowest BCUT2D eigenvalue weighted by atomic mass is 10.0. The van der Waals surface area contributed by atoms with Gasteiger partial charge in [-0.2, -0.15) is 0 Å². The molecule has 0 amide bonds. The van der Waals surface area contributed by atoms with Crippen molar-refractivity contribution in [2.24, 2.45) is 5.73 Å². The fraction of sp³-hybridized carbons (Fsp3) is 0.375. The van der Waals surface area contributed by atoms with E-state index < -0.39 is 0 Å². The summed E-state index contributed by atoms with van der Waals surface area (Å²) in [5.41, 5.74) is 8.88. The standard InChI is InChI=1S/C16H20N2S2/c1-19-14-4-2-12(3-5-14)15(10-17)18-8-6-16-13(11-18)7-9-20-16/h2-5,7,9,15H,6,8,10-11,17H2,1H3. The Morgan fingerprint density at radius 2 is 2.10 bits per heavy atom. The van der Waals surface area contributed by atoms with Crippen molar-refractivity contribution in [3.63, 3.8) is 0 Å². The van der Waals surface area contributed by atoms with Gasteiger partial charge in [0.05, 0.1) is 0 Å². The second-order valence-electron chi connectivity index (χ2n) is 5.11. The molecule has 0 aliphatic carbocycles. The molecule has 2 N–H and O–H groups in total. The molecule has 2 aromatic rings. The summed E-state index contributed by atoms with van der Waals surface area (Å²) in [5, 5.41) is 2.21. The maximum Gasteiger partial charge on any atom is 0.0474 e. The first-order valence-electron chi connectivity index (χ1n) is 6.95. The van der Waals surface area contributed by atoms with Crippen molar-refractivity contribution in [2.45, 2.75) is 23.9 Å². The van der Waals surface area contributed by atoms with Crippen molar-refractivity contribution in [1.29, 1.82) is 0 Å². The van der Waals surface area contributed by atoms with E-state index in [1.165, 1.54) is 16.0 Å². The van der Waals surface area contributed by atoms with Gasteiger partial charge in [0.25, 0.3) is 0 Å². The molecule has 4 heteroatoms. The number of thiophene rings is 1.